The van der Waals surface area contributed by atoms with Gasteiger partial charge in [0, 0.05) is 12.8 Å². The van der Waals surface area contributed by atoms with Crippen LogP contribution >= 0.6 is 0 Å². The summed E-state index contributed by atoms with van der Waals surface area (Å²) >= 11 is 0. The number of halogens is 1. The summed E-state index contributed by atoms with van der Waals surface area (Å²) < 4.78 is 24.5. The molecule has 0 radical (unpaired) electrons. The van der Waals surface area contributed by atoms with Crippen molar-refractivity contribution >= 4 is 6.09 Å². The molecule has 4 rings (SSSR count). The standard InChI is InChI=1S/C21H23FN2O4/c1-14-7-16(22)10-23-19(14)21(26)8-17-12-27-13-18(9-21)24(17)20(25)28-11-15-5-3-2-4-6-15/h2-7,10,17-18,26H,8-9,11-13H2,1H3. The quantitative estimate of drug-likeness (QED) is 0.878. The second-order valence-corrected chi connectivity index (χ2v) is 7.55. The zero-order chi connectivity index (χ0) is 19.7. The average Bonchev–Trinajstić information content (AvgIpc) is 2.66. The SMILES string of the molecule is Cc1cc(F)cnc1C1(O)CC2COCC(C1)N2C(=O)OCc1ccccc1. The van der Waals surface area contributed by atoms with E-state index in [1.807, 2.05) is 30.3 Å². The predicted octanol–water partition coefficient (Wildman–Crippen LogP) is 2.92. The Balaban J connectivity index is 1.51. The number of nitrogens with zero attached hydrogens (tertiary/aromatic N) is 2. The van der Waals surface area contributed by atoms with Crippen LogP contribution in [0.4, 0.5) is 9.18 Å². The second kappa shape index (κ2) is 7.48. The van der Waals surface area contributed by atoms with E-state index >= 15 is 0 Å². The molecular formula is C21H23FN2O4. The number of morpholine rings is 1. The van der Waals surface area contributed by atoms with Crippen molar-refractivity contribution in [2.75, 3.05) is 13.2 Å². The number of pyridine rings is 1. The van der Waals surface area contributed by atoms with Gasteiger partial charge in [0.1, 0.15) is 18.0 Å². The van der Waals surface area contributed by atoms with Gasteiger partial charge in [-0.3, -0.25) is 9.88 Å². The van der Waals surface area contributed by atoms with E-state index in [9.17, 15) is 14.3 Å². The Morgan fingerprint density at radius 1 is 1.32 bits per heavy atom. The van der Waals surface area contributed by atoms with Crippen molar-refractivity contribution in [3.63, 3.8) is 0 Å². The number of piperidine rings is 1. The van der Waals surface area contributed by atoms with Gasteiger partial charge in [0.2, 0.25) is 0 Å². The zero-order valence-electron chi connectivity index (χ0n) is 15.7. The number of ether oxygens (including phenoxy) is 2. The summed E-state index contributed by atoms with van der Waals surface area (Å²) in [6.45, 7) is 2.56. The smallest absolute Gasteiger partial charge is 0.410 e. The van der Waals surface area contributed by atoms with Crippen LogP contribution in [0, 0.1) is 12.7 Å². The predicted molar refractivity (Wildman–Crippen MR) is 98.9 cm³/mol. The minimum atomic E-state index is -1.23. The highest BCUT2D eigenvalue weighted by Crippen LogP contribution is 2.41. The van der Waals surface area contributed by atoms with Gasteiger partial charge < -0.3 is 14.6 Å². The Morgan fingerprint density at radius 2 is 2.00 bits per heavy atom. The molecule has 0 spiro atoms. The maximum Gasteiger partial charge on any atom is 0.410 e. The summed E-state index contributed by atoms with van der Waals surface area (Å²) in [4.78, 5) is 18.6. The van der Waals surface area contributed by atoms with Crippen LogP contribution in [0.3, 0.4) is 0 Å². The van der Waals surface area contributed by atoms with Crippen LogP contribution in [-0.2, 0) is 21.7 Å². The third-order valence-electron chi connectivity index (χ3n) is 5.46. The van der Waals surface area contributed by atoms with Crippen LogP contribution < -0.4 is 0 Å². The first-order valence-electron chi connectivity index (χ1n) is 9.38. The number of aromatic nitrogens is 1. The minimum absolute atomic E-state index is 0.194. The van der Waals surface area contributed by atoms with Gasteiger partial charge in [-0.05, 0) is 24.1 Å². The molecule has 2 atom stereocenters. The summed E-state index contributed by atoms with van der Waals surface area (Å²) in [6.07, 6.45) is 1.24. The molecule has 7 heteroatoms. The molecule has 6 nitrogen and oxygen atoms in total. The lowest BCUT2D eigenvalue weighted by Crippen LogP contribution is -2.62. The number of aliphatic hydroxyl groups is 1. The Kier molecular flexibility index (Phi) is 5.03. The van der Waals surface area contributed by atoms with Crippen LogP contribution in [-0.4, -0.2) is 46.4 Å². The van der Waals surface area contributed by atoms with Crippen molar-refractivity contribution in [1.29, 1.82) is 0 Å². The second-order valence-electron chi connectivity index (χ2n) is 7.55. The number of carbonyl (C=O) groups excluding carboxylic acids is 1. The van der Waals surface area contributed by atoms with Gasteiger partial charge in [-0.2, -0.15) is 0 Å². The van der Waals surface area contributed by atoms with E-state index in [0.717, 1.165) is 11.8 Å². The normalized spacial score (nSPS) is 26.8. The summed E-state index contributed by atoms with van der Waals surface area (Å²) in [5, 5.41) is 11.3. The summed E-state index contributed by atoms with van der Waals surface area (Å²) in [5.41, 5.74) is 0.745. The molecule has 2 aliphatic heterocycles. The lowest BCUT2D eigenvalue weighted by atomic mass is 9.78. The fourth-order valence-corrected chi connectivity index (χ4v) is 4.29. The molecule has 2 aliphatic rings. The van der Waals surface area contributed by atoms with Gasteiger partial charge in [-0.1, -0.05) is 30.3 Å². The highest BCUT2D eigenvalue weighted by molar-refractivity contribution is 5.69. The van der Waals surface area contributed by atoms with Crippen molar-refractivity contribution in [1.82, 2.24) is 9.88 Å². The first-order chi connectivity index (χ1) is 13.5. The number of carbonyl (C=O) groups is 1. The molecule has 0 aliphatic carbocycles. The van der Waals surface area contributed by atoms with E-state index in [1.165, 1.54) is 6.07 Å². The molecule has 2 aromatic rings. The van der Waals surface area contributed by atoms with Crippen molar-refractivity contribution < 1.29 is 23.8 Å². The highest BCUT2D eigenvalue weighted by atomic mass is 19.1. The third kappa shape index (κ3) is 3.59. The number of hydrogen-bond donors (Lipinski definition) is 1. The molecule has 1 amide bonds. The molecule has 2 bridgehead atoms. The maximum atomic E-state index is 13.4. The van der Waals surface area contributed by atoms with E-state index in [4.69, 9.17) is 9.47 Å². The van der Waals surface area contributed by atoms with E-state index in [0.29, 0.717) is 24.5 Å². The number of fused-ring (bicyclic) bond motifs is 2. The molecule has 3 heterocycles. The van der Waals surface area contributed by atoms with Gasteiger partial charge in [-0.15, -0.1) is 0 Å². The minimum Gasteiger partial charge on any atom is -0.445 e. The zero-order valence-corrected chi connectivity index (χ0v) is 15.7. The number of amides is 1. The first kappa shape index (κ1) is 18.8. The van der Waals surface area contributed by atoms with Gasteiger partial charge in [0.15, 0.2) is 0 Å². The van der Waals surface area contributed by atoms with E-state index in [2.05, 4.69) is 4.98 Å². The monoisotopic (exact) mass is 386 g/mol. The fourth-order valence-electron chi connectivity index (χ4n) is 4.29. The van der Waals surface area contributed by atoms with E-state index in [1.54, 1.807) is 11.8 Å². The van der Waals surface area contributed by atoms with Crippen molar-refractivity contribution in [2.24, 2.45) is 0 Å². The number of aryl methyl sites for hydroxylation is 1. The molecule has 0 saturated carbocycles. The third-order valence-corrected chi connectivity index (χ3v) is 5.46. The molecule has 1 aromatic carbocycles. The molecule has 28 heavy (non-hydrogen) atoms. The molecule has 2 unspecified atom stereocenters. The number of hydrogen-bond acceptors (Lipinski definition) is 5. The van der Waals surface area contributed by atoms with Crippen LogP contribution in [0.25, 0.3) is 0 Å². The van der Waals surface area contributed by atoms with Crippen LogP contribution in [0.1, 0.15) is 29.7 Å². The van der Waals surface area contributed by atoms with Gasteiger partial charge in [0.05, 0.1) is 37.2 Å². The fraction of sp³-hybridized carbons (Fsp3) is 0.429. The molecule has 2 saturated heterocycles. The first-order valence-corrected chi connectivity index (χ1v) is 9.38. The highest BCUT2D eigenvalue weighted by Gasteiger charge is 2.50. The summed E-state index contributed by atoms with van der Waals surface area (Å²) in [7, 11) is 0. The van der Waals surface area contributed by atoms with Crippen molar-refractivity contribution in [2.45, 2.75) is 44.1 Å². The van der Waals surface area contributed by atoms with Gasteiger partial charge >= 0.3 is 6.09 Å². The Morgan fingerprint density at radius 3 is 2.64 bits per heavy atom. The van der Waals surface area contributed by atoms with Crippen molar-refractivity contribution in [3.05, 3.63) is 65.2 Å². The molecular weight excluding hydrogens is 363 g/mol. The lowest BCUT2D eigenvalue weighted by Gasteiger charge is -2.50. The topological polar surface area (TPSA) is 71.9 Å². The summed E-state index contributed by atoms with van der Waals surface area (Å²) in [6, 6.07) is 10.2. The molecule has 2 fully saturated rings. The Bertz CT molecular complexity index is 847. The van der Waals surface area contributed by atoms with Gasteiger partial charge in [0.25, 0.3) is 0 Å². The number of benzene rings is 1. The Hall–Kier alpha value is -2.51. The lowest BCUT2D eigenvalue weighted by molar-refractivity contribution is -0.138. The molecule has 148 valence electrons. The van der Waals surface area contributed by atoms with E-state index in [-0.39, 0.29) is 31.5 Å². The summed E-state index contributed by atoms with van der Waals surface area (Å²) in [5.74, 6) is -0.435. The largest absolute Gasteiger partial charge is 0.445 e. The van der Waals surface area contributed by atoms with Crippen LogP contribution in [0.15, 0.2) is 42.6 Å². The van der Waals surface area contributed by atoms with Crippen LogP contribution in [0.2, 0.25) is 0 Å². The average molecular weight is 386 g/mol. The molecule has 1 N–H and O–H groups in total. The number of rotatable bonds is 3. The maximum absolute atomic E-state index is 13.4. The molecule has 1 aromatic heterocycles. The Labute approximate surface area is 162 Å². The van der Waals surface area contributed by atoms with Crippen molar-refractivity contribution in [3.8, 4) is 0 Å². The van der Waals surface area contributed by atoms with Crippen LogP contribution in [0.5, 0.6) is 0 Å². The van der Waals surface area contributed by atoms with Gasteiger partial charge in [-0.25, -0.2) is 9.18 Å². The van der Waals surface area contributed by atoms with E-state index < -0.39 is 17.5 Å².